The summed E-state index contributed by atoms with van der Waals surface area (Å²) in [7, 11) is 0. The van der Waals surface area contributed by atoms with Crippen molar-refractivity contribution in [2.24, 2.45) is 0 Å². The second kappa shape index (κ2) is 5.75. The first-order chi connectivity index (χ1) is 9.06. The molecule has 6 heteroatoms. The molecular weight excluding hydrogens is 266 g/mol. The predicted octanol–water partition coefficient (Wildman–Crippen LogP) is 2.70. The van der Waals surface area contributed by atoms with E-state index in [1.54, 1.807) is 24.3 Å². The number of aromatic nitrogens is 2. The molecule has 100 valence electrons. The minimum Gasteiger partial charge on any atom is -0.484 e. The summed E-state index contributed by atoms with van der Waals surface area (Å²) in [5.74, 6) is 0.316. The van der Waals surface area contributed by atoms with Gasteiger partial charge in [-0.3, -0.25) is 9.89 Å². The number of nitrogens with zero attached hydrogens (tertiary/aromatic N) is 1. The smallest absolute Gasteiger partial charge is 0.262 e. The molecule has 0 spiro atoms. The Kier molecular flexibility index (Phi) is 4.06. The van der Waals surface area contributed by atoms with Crippen LogP contribution >= 0.6 is 11.6 Å². The minimum atomic E-state index is -0.243. The standard InChI is InChI=1S/C13H14ClN3O2/c1-8-13(9(2)17-16-8)15-12(18)7-19-11-5-3-4-10(14)6-11/h3-6H,7H2,1-2H3,(H,15,18)(H,16,17). The van der Waals surface area contributed by atoms with Crippen molar-refractivity contribution in [3.05, 3.63) is 40.7 Å². The Hall–Kier alpha value is -2.01. The van der Waals surface area contributed by atoms with Crippen LogP contribution in [-0.2, 0) is 4.79 Å². The number of ether oxygens (including phenoxy) is 1. The highest BCUT2D eigenvalue weighted by atomic mass is 35.5. The Morgan fingerprint density at radius 2 is 2.26 bits per heavy atom. The van der Waals surface area contributed by atoms with E-state index in [1.807, 2.05) is 13.8 Å². The van der Waals surface area contributed by atoms with Gasteiger partial charge in [-0.05, 0) is 32.0 Å². The van der Waals surface area contributed by atoms with E-state index in [1.165, 1.54) is 0 Å². The number of anilines is 1. The van der Waals surface area contributed by atoms with Crippen molar-refractivity contribution in [1.29, 1.82) is 0 Å². The molecule has 2 N–H and O–H groups in total. The minimum absolute atomic E-state index is 0.0790. The number of halogens is 1. The normalized spacial score (nSPS) is 10.3. The van der Waals surface area contributed by atoms with Crippen molar-refractivity contribution in [2.75, 3.05) is 11.9 Å². The first-order valence-corrected chi connectivity index (χ1v) is 6.14. The number of rotatable bonds is 4. The Bertz CT molecular complexity index is 576. The topological polar surface area (TPSA) is 67.0 Å². The lowest BCUT2D eigenvalue weighted by Gasteiger charge is -2.07. The van der Waals surface area contributed by atoms with Crippen LogP contribution in [0, 0.1) is 13.8 Å². The first-order valence-electron chi connectivity index (χ1n) is 5.76. The maximum atomic E-state index is 11.8. The van der Waals surface area contributed by atoms with Crippen LogP contribution in [0.5, 0.6) is 5.75 Å². The van der Waals surface area contributed by atoms with Gasteiger partial charge >= 0.3 is 0 Å². The number of amides is 1. The third kappa shape index (κ3) is 3.48. The molecule has 0 unspecified atom stereocenters. The van der Waals surface area contributed by atoms with Crippen molar-refractivity contribution in [3.63, 3.8) is 0 Å². The second-order valence-corrected chi connectivity index (χ2v) is 4.54. The highest BCUT2D eigenvalue weighted by Crippen LogP contribution is 2.18. The molecule has 0 atom stereocenters. The number of hydrogen-bond donors (Lipinski definition) is 2. The summed E-state index contributed by atoms with van der Waals surface area (Å²) < 4.78 is 5.35. The molecule has 2 rings (SSSR count). The number of carbonyl (C=O) groups excluding carboxylic acids is 1. The summed E-state index contributed by atoms with van der Waals surface area (Å²) in [6.45, 7) is 3.58. The van der Waals surface area contributed by atoms with E-state index in [4.69, 9.17) is 16.3 Å². The summed E-state index contributed by atoms with van der Waals surface area (Å²) in [6, 6.07) is 6.91. The average Bonchev–Trinajstić information content (AvgIpc) is 2.68. The first kappa shape index (κ1) is 13.4. The van der Waals surface area contributed by atoms with Gasteiger partial charge in [-0.25, -0.2) is 0 Å². The lowest BCUT2D eigenvalue weighted by molar-refractivity contribution is -0.118. The van der Waals surface area contributed by atoms with E-state index in [9.17, 15) is 4.79 Å². The SMILES string of the molecule is Cc1n[nH]c(C)c1NC(=O)COc1cccc(Cl)c1. The van der Waals surface area contributed by atoms with E-state index in [2.05, 4.69) is 15.5 Å². The quantitative estimate of drug-likeness (QED) is 0.904. The fourth-order valence-corrected chi connectivity index (χ4v) is 1.80. The highest BCUT2D eigenvalue weighted by Gasteiger charge is 2.10. The van der Waals surface area contributed by atoms with Crippen LogP contribution < -0.4 is 10.1 Å². The molecule has 0 saturated heterocycles. The van der Waals surface area contributed by atoms with Crippen molar-refractivity contribution >= 4 is 23.2 Å². The number of H-pyrrole nitrogens is 1. The number of aryl methyl sites for hydroxylation is 2. The molecule has 0 fully saturated rings. The van der Waals surface area contributed by atoms with Gasteiger partial charge in [0.1, 0.15) is 5.75 Å². The zero-order valence-electron chi connectivity index (χ0n) is 10.7. The van der Waals surface area contributed by atoms with Crippen LogP contribution in [-0.4, -0.2) is 22.7 Å². The average molecular weight is 280 g/mol. The van der Waals surface area contributed by atoms with Gasteiger partial charge in [0.05, 0.1) is 17.1 Å². The molecule has 0 radical (unpaired) electrons. The highest BCUT2D eigenvalue weighted by molar-refractivity contribution is 6.30. The molecule has 0 saturated carbocycles. The molecule has 1 amide bonds. The lowest BCUT2D eigenvalue weighted by atomic mass is 10.3. The summed E-state index contributed by atoms with van der Waals surface area (Å²) >= 11 is 5.82. The van der Waals surface area contributed by atoms with Crippen molar-refractivity contribution in [1.82, 2.24) is 10.2 Å². The van der Waals surface area contributed by atoms with Gasteiger partial charge in [-0.1, -0.05) is 17.7 Å². The molecule has 5 nitrogen and oxygen atoms in total. The molecule has 1 aromatic carbocycles. The van der Waals surface area contributed by atoms with Crippen LogP contribution in [0.1, 0.15) is 11.4 Å². The number of nitrogens with one attached hydrogen (secondary N) is 2. The molecule has 0 aliphatic carbocycles. The molecule has 2 aromatic rings. The van der Waals surface area contributed by atoms with E-state index in [0.29, 0.717) is 16.5 Å². The van der Waals surface area contributed by atoms with Gasteiger partial charge in [-0.15, -0.1) is 0 Å². The van der Waals surface area contributed by atoms with E-state index >= 15 is 0 Å². The Labute approximate surface area is 115 Å². The Balaban J connectivity index is 1.92. The van der Waals surface area contributed by atoms with Crippen LogP contribution in [0.2, 0.25) is 5.02 Å². The van der Waals surface area contributed by atoms with Gasteiger partial charge in [0.15, 0.2) is 6.61 Å². The third-order valence-corrected chi connectivity index (χ3v) is 2.79. The van der Waals surface area contributed by atoms with Crippen molar-refractivity contribution in [3.8, 4) is 5.75 Å². The fourth-order valence-electron chi connectivity index (χ4n) is 1.62. The maximum Gasteiger partial charge on any atom is 0.262 e. The molecule has 0 aliphatic heterocycles. The molecule has 0 bridgehead atoms. The Morgan fingerprint density at radius 1 is 1.47 bits per heavy atom. The number of carbonyl (C=O) groups is 1. The Morgan fingerprint density at radius 3 is 2.89 bits per heavy atom. The maximum absolute atomic E-state index is 11.8. The molecule has 0 aliphatic rings. The van der Waals surface area contributed by atoms with Gasteiger partial charge in [0, 0.05) is 5.02 Å². The summed E-state index contributed by atoms with van der Waals surface area (Å²) in [6.07, 6.45) is 0. The van der Waals surface area contributed by atoms with E-state index in [-0.39, 0.29) is 12.5 Å². The third-order valence-electron chi connectivity index (χ3n) is 2.56. The summed E-state index contributed by atoms with van der Waals surface area (Å²) in [5.41, 5.74) is 2.25. The van der Waals surface area contributed by atoms with Crippen LogP contribution in [0.15, 0.2) is 24.3 Å². The molecule has 1 aromatic heterocycles. The van der Waals surface area contributed by atoms with Gasteiger partial charge in [-0.2, -0.15) is 5.10 Å². The molecule has 19 heavy (non-hydrogen) atoms. The summed E-state index contributed by atoms with van der Waals surface area (Å²) in [4.78, 5) is 11.8. The number of benzene rings is 1. The monoisotopic (exact) mass is 279 g/mol. The zero-order valence-corrected chi connectivity index (χ0v) is 11.4. The summed E-state index contributed by atoms with van der Waals surface area (Å²) in [5, 5.41) is 10.1. The molecule has 1 heterocycles. The van der Waals surface area contributed by atoms with Crippen LogP contribution in [0.3, 0.4) is 0 Å². The molecular formula is C13H14ClN3O2. The van der Waals surface area contributed by atoms with E-state index in [0.717, 1.165) is 11.4 Å². The zero-order chi connectivity index (χ0) is 13.8. The van der Waals surface area contributed by atoms with Crippen molar-refractivity contribution < 1.29 is 9.53 Å². The van der Waals surface area contributed by atoms with E-state index < -0.39 is 0 Å². The fraction of sp³-hybridized carbons (Fsp3) is 0.231. The lowest BCUT2D eigenvalue weighted by Crippen LogP contribution is -2.20. The van der Waals surface area contributed by atoms with Gasteiger partial charge < -0.3 is 10.1 Å². The van der Waals surface area contributed by atoms with Gasteiger partial charge in [0.2, 0.25) is 0 Å². The van der Waals surface area contributed by atoms with Crippen LogP contribution in [0.4, 0.5) is 5.69 Å². The predicted molar refractivity (Wildman–Crippen MR) is 73.6 cm³/mol. The van der Waals surface area contributed by atoms with Gasteiger partial charge in [0.25, 0.3) is 5.91 Å². The largest absolute Gasteiger partial charge is 0.484 e. The van der Waals surface area contributed by atoms with Crippen molar-refractivity contribution in [2.45, 2.75) is 13.8 Å². The second-order valence-electron chi connectivity index (χ2n) is 4.10. The van der Waals surface area contributed by atoms with Crippen LogP contribution in [0.25, 0.3) is 0 Å². The number of aromatic amines is 1. The number of hydrogen-bond acceptors (Lipinski definition) is 3.